The van der Waals surface area contributed by atoms with Gasteiger partial charge in [0.15, 0.2) is 0 Å². The Balaban J connectivity index is 0. The van der Waals surface area contributed by atoms with Crippen LogP contribution in [0.5, 0.6) is 0 Å². The molecule has 0 saturated heterocycles. The molecule has 20 heavy (non-hydrogen) atoms. The molecule has 5 heteroatoms. The summed E-state index contributed by atoms with van der Waals surface area (Å²) in [5.74, 6) is -0.676. The van der Waals surface area contributed by atoms with Crippen molar-refractivity contribution in [1.29, 1.82) is 0 Å². The minimum atomic E-state index is -0.620. The fraction of sp³-hybridized carbons (Fsp3) is 0.467. The Hall–Kier alpha value is -1.88. The number of nitrogens with two attached hydrogens (primary N) is 1. The Bertz CT molecular complexity index is 367. The number of benzene rings is 1. The quantitative estimate of drug-likeness (QED) is 0.820. The molecule has 0 aliphatic heterocycles. The van der Waals surface area contributed by atoms with Crippen LogP contribution < -0.4 is 11.1 Å². The molecule has 114 valence electrons. The molecule has 1 rings (SSSR count). The predicted molar refractivity (Wildman–Crippen MR) is 81.2 cm³/mol. The summed E-state index contributed by atoms with van der Waals surface area (Å²) in [7, 11) is 2.81. The summed E-state index contributed by atoms with van der Waals surface area (Å²) in [6, 6.07) is 8.85. The molecule has 3 N–H and O–H groups in total. The second-order valence-corrected chi connectivity index (χ2v) is 3.47. The summed E-state index contributed by atoms with van der Waals surface area (Å²) in [6.45, 7) is 5.38. The van der Waals surface area contributed by atoms with Crippen LogP contribution in [0.3, 0.4) is 0 Å². The SMILES string of the molecule is CC.CN.COC(=O)C(Cc1ccccc1)NC(C)=O. The zero-order valence-electron chi connectivity index (χ0n) is 13.0. The highest BCUT2D eigenvalue weighted by Gasteiger charge is 2.20. The van der Waals surface area contributed by atoms with Crippen LogP contribution in [0.2, 0.25) is 0 Å². The Kier molecular flexibility index (Phi) is 13.8. The van der Waals surface area contributed by atoms with E-state index in [0.717, 1.165) is 5.56 Å². The number of hydrogen-bond donors (Lipinski definition) is 2. The monoisotopic (exact) mass is 282 g/mol. The topological polar surface area (TPSA) is 81.4 Å². The standard InChI is InChI=1S/C12H15NO3.C2H6.CH5N/c1-9(14)13-11(12(15)16-2)8-10-6-4-3-5-7-10;2*1-2/h3-7,11H,8H2,1-2H3,(H,13,14);1-2H3;2H2,1H3. The average Bonchev–Trinajstić information content (AvgIpc) is 2.50. The number of carbonyl (C=O) groups is 2. The first-order valence-electron chi connectivity index (χ1n) is 6.60. The van der Waals surface area contributed by atoms with Crippen molar-refractivity contribution >= 4 is 11.9 Å². The van der Waals surface area contributed by atoms with Crippen LogP contribution in [0.4, 0.5) is 0 Å². The van der Waals surface area contributed by atoms with Gasteiger partial charge in [0.25, 0.3) is 0 Å². The number of methoxy groups -OCH3 is 1. The molecule has 0 radical (unpaired) electrons. The van der Waals surface area contributed by atoms with Gasteiger partial charge < -0.3 is 15.8 Å². The molecular formula is C15H26N2O3. The lowest BCUT2D eigenvalue weighted by molar-refractivity contribution is -0.144. The number of esters is 1. The van der Waals surface area contributed by atoms with E-state index in [0.29, 0.717) is 6.42 Å². The van der Waals surface area contributed by atoms with E-state index in [1.54, 1.807) is 0 Å². The molecule has 1 atom stereocenters. The number of rotatable bonds is 4. The highest BCUT2D eigenvalue weighted by Crippen LogP contribution is 2.04. The van der Waals surface area contributed by atoms with Gasteiger partial charge in [-0.15, -0.1) is 0 Å². The highest BCUT2D eigenvalue weighted by atomic mass is 16.5. The molecule has 1 aromatic carbocycles. The Morgan fingerprint density at radius 3 is 2.10 bits per heavy atom. The van der Waals surface area contributed by atoms with E-state index in [4.69, 9.17) is 0 Å². The molecule has 1 amide bonds. The van der Waals surface area contributed by atoms with Gasteiger partial charge in [0, 0.05) is 13.3 Å². The average molecular weight is 282 g/mol. The fourth-order valence-corrected chi connectivity index (χ4v) is 1.43. The number of carbonyl (C=O) groups excluding carboxylic acids is 2. The van der Waals surface area contributed by atoms with Crippen molar-refractivity contribution in [1.82, 2.24) is 5.32 Å². The summed E-state index contributed by atoms with van der Waals surface area (Å²) >= 11 is 0. The van der Waals surface area contributed by atoms with Crippen molar-refractivity contribution in [3.8, 4) is 0 Å². The van der Waals surface area contributed by atoms with Gasteiger partial charge in [-0.2, -0.15) is 0 Å². The van der Waals surface area contributed by atoms with E-state index in [-0.39, 0.29) is 5.91 Å². The van der Waals surface area contributed by atoms with Crippen LogP contribution in [0, 0.1) is 0 Å². The summed E-state index contributed by atoms with van der Waals surface area (Å²) in [5.41, 5.74) is 5.48. The Labute approximate surface area is 121 Å². The fourth-order valence-electron chi connectivity index (χ4n) is 1.43. The number of amides is 1. The van der Waals surface area contributed by atoms with E-state index in [1.807, 2.05) is 44.2 Å². The summed E-state index contributed by atoms with van der Waals surface area (Å²) in [6.07, 6.45) is 0.438. The highest BCUT2D eigenvalue weighted by molar-refractivity contribution is 5.83. The maximum absolute atomic E-state index is 11.4. The van der Waals surface area contributed by atoms with Crippen LogP contribution in [-0.4, -0.2) is 32.1 Å². The molecule has 0 spiro atoms. The van der Waals surface area contributed by atoms with Gasteiger partial charge in [0.05, 0.1) is 7.11 Å². The van der Waals surface area contributed by atoms with Gasteiger partial charge in [-0.05, 0) is 12.6 Å². The molecule has 0 aliphatic carbocycles. The van der Waals surface area contributed by atoms with E-state index in [2.05, 4.69) is 15.8 Å². The lowest BCUT2D eigenvalue weighted by atomic mass is 10.1. The third-order valence-electron chi connectivity index (χ3n) is 2.15. The molecule has 0 bridgehead atoms. The molecule has 5 nitrogen and oxygen atoms in total. The van der Waals surface area contributed by atoms with Crippen molar-refractivity contribution in [3.63, 3.8) is 0 Å². The molecule has 0 heterocycles. The van der Waals surface area contributed by atoms with Crippen LogP contribution in [0.15, 0.2) is 30.3 Å². The minimum absolute atomic E-state index is 0.244. The number of nitrogens with one attached hydrogen (secondary N) is 1. The van der Waals surface area contributed by atoms with E-state index in [9.17, 15) is 9.59 Å². The largest absolute Gasteiger partial charge is 0.467 e. The molecule has 1 unspecified atom stereocenters. The van der Waals surface area contributed by atoms with Crippen molar-refractivity contribution in [2.24, 2.45) is 5.73 Å². The second-order valence-electron chi connectivity index (χ2n) is 3.47. The normalized spacial score (nSPS) is 9.90. The number of ether oxygens (including phenoxy) is 1. The molecule has 0 aromatic heterocycles. The van der Waals surface area contributed by atoms with Crippen LogP contribution in [0.25, 0.3) is 0 Å². The third kappa shape index (κ3) is 9.10. The summed E-state index contributed by atoms with van der Waals surface area (Å²) < 4.78 is 4.63. The zero-order valence-corrected chi connectivity index (χ0v) is 13.0. The smallest absolute Gasteiger partial charge is 0.328 e. The first kappa shape index (κ1) is 20.4. The maximum Gasteiger partial charge on any atom is 0.328 e. The van der Waals surface area contributed by atoms with Crippen molar-refractivity contribution in [2.45, 2.75) is 33.2 Å². The Morgan fingerprint density at radius 1 is 1.20 bits per heavy atom. The zero-order chi connectivity index (χ0) is 16.0. The van der Waals surface area contributed by atoms with Gasteiger partial charge in [-0.25, -0.2) is 4.79 Å². The van der Waals surface area contributed by atoms with Crippen LogP contribution in [0.1, 0.15) is 26.3 Å². The van der Waals surface area contributed by atoms with Crippen molar-refractivity contribution in [3.05, 3.63) is 35.9 Å². The van der Waals surface area contributed by atoms with E-state index >= 15 is 0 Å². The Morgan fingerprint density at radius 2 is 1.70 bits per heavy atom. The minimum Gasteiger partial charge on any atom is -0.467 e. The maximum atomic E-state index is 11.4. The number of hydrogen-bond acceptors (Lipinski definition) is 4. The molecule has 1 aromatic rings. The first-order chi connectivity index (χ1) is 9.63. The van der Waals surface area contributed by atoms with Gasteiger partial charge >= 0.3 is 5.97 Å². The summed E-state index contributed by atoms with van der Waals surface area (Å²) in [4.78, 5) is 22.4. The van der Waals surface area contributed by atoms with Crippen LogP contribution >= 0.6 is 0 Å². The lowest BCUT2D eigenvalue weighted by Gasteiger charge is -2.15. The predicted octanol–water partition coefficient (Wildman–Crippen LogP) is 1.51. The van der Waals surface area contributed by atoms with E-state index < -0.39 is 12.0 Å². The van der Waals surface area contributed by atoms with Gasteiger partial charge in [-0.3, -0.25) is 4.79 Å². The molecule has 0 fully saturated rings. The molecular weight excluding hydrogens is 256 g/mol. The van der Waals surface area contributed by atoms with Gasteiger partial charge in [-0.1, -0.05) is 44.2 Å². The van der Waals surface area contributed by atoms with Crippen molar-refractivity contribution in [2.75, 3.05) is 14.2 Å². The molecule has 0 aliphatic rings. The van der Waals surface area contributed by atoms with Crippen LogP contribution in [-0.2, 0) is 20.7 Å². The molecule has 0 saturated carbocycles. The van der Waals surface area contributed by atoms with Crippen molar-refractivity contribution < 1.29 is 14.3 Å². The first-order valence-corrected chi connectivity index (χ1v) is 6.60. The van der Waals surface area contributed by atoms with Gasteiger partial charge in [0.2, 0.25) is 5.91 Å². The van der Waals surface area contributed by atoms with E-state index in [1.165, 1.54) is 21.1 Å². The summed E-state index contributed by atoms with van der Waals surface area (Å²) in [5, 5.41) is 2.57. The third-order valence-corrected chi connectivity index (χ3v) is 2.15. The lowest BCUT2D eigenvalue weighted by Crippen LogP contribution is -2.41. The second kappa shape index (κ2) is 13.5. The van der Waals surface area contributed by atoms with Gasteiger partial charge in [0.1, 0.15) is 6.04 Å².